The predicted molar refractivity (Wildman–Crippen MR) is 96.8 cm³/mol. The van der Waals surface area contributed by atoms with Gasteiger partial charge in [-0.3, -0.25) is 4.79 Å². The van der Waals surface area contributed by atoms with Crippen LogP contribution in [0.25, 0.3) is 0 Å². The second-order valence-corrected chi connectivity index (χ2v) is 8.05. The molecule has 2 heterocycles. The highest BCUT2D eigenvalue weighted by Crippen LogP contribution is 2.25. The minimum atomic E-state index is -3.61. The Kier molecular flexibility index (Phi) is 5.01. The quantitative estimate of drug-likeness (QED) is 0.858. The summed E-state index contributed by atoms with van der Waals surface area (Å²) in [5, 5.41) is 6.33. The number of amides is 1. The number of anilines is 1. The van der Waals surface area contributed by atoms with E-state index in [-0.39, 0.29) is 10.8 Å². The van der Waals surface area contributed by atoms with Crippen LogP contribution in [0.3, 0.4) is 0 Å². The van der Waals surface area contributed by atoms with Crippen LogP contribution in [0.4, 0.5) is 5.69 Å². The van der Waals surface area contributed by atoms with E-state index in [1.54, 1.807) is 33.0 Å². The lowest BCUT2D eigenvalue weighted by Gasteiger charge is -2.35. The molecule has 0 aliphatic carbocycles. The molecule has 140 valence electrons. The number of nitrogens with zero attached hydrogens (tertiary/aromatic N) is 3. The molecule has 3 rings (SSSR count). The number of hydrogen-bond donors (Lipinski definition) is 1. The summed E-state index contributed by atoms with van der Waals surface area (Å²) in [5.41, 5.74) is 1.94. The first-order chi connectivity index (χ1) is 12.3. The smallest absolute Gasteiger partial charge is 0.251 e. The standard InChI is InChI=1S/C17H22N4O4S/c1-12-16(13(2)25-19-12)26(23,24)21-10-8-20(9-11-21)15-6-4-14(5-7-15)17(22)18-3/h4-7H,8-11H2,1-3H3,(H,18,22). The van der Waals surface area contributed by atoms with Gasteiger partial charge in [0, 0.05) is 44.5 Å². The van der Waals surface area contributed by atoms with Gasteiger partial charge in [0.15, 0.2) is 5.76 Å². The van der Waals surface area contributed by atoms with E-state index in [9.17, 15) is 13.2 Å². The molecular weight excluding hydrogens is 356 g/mol. The molecule has 1 aliphatic rings. The molecule has 0 bridgehead atoms. The minimum absolute atomic E-state index is 0.132. The van der Waals surface area contributed by atoms with Gasteiger partial charge in [-0.05, 0) is 38.1 Å². The van der Waals surface area contributed by atoms with Crippen LogP contribution in [0.15, 0.2) is 33.7 Å². The summed E-state index contributed by atoms with van der Waals surface area (Å²) < 4.78 is 32.2. The van der Waals surface area contributed by atoms with Crippen molar-refractivity contribution in [2.45, 2.75) is 18.7 Å². The maximum absolute atomic E-state index is 12.8. The van der Waals surface area contributed by atoms with E-state index in [1.165, 1.54) is 4.31 Å². The van der Waals surface area contributed by atoms with Crippen LogP contribution in [0.2, 0.25) is 0 Å². The topological polar surface area (TPSA) is 95.8 Å². The number of rotatable bonds is 4. The zero-order valence-corrected chi connectivity index (χ0v) is 15.8. The van der Waals surface area contributed by atoms with Gasteiger partial charge in [0.1, 0.15) is 10.6 Å². The molecule has 0 saturated carbocycles. The highest BCUT2D eigenvalue weighted by Gasteiger charge is 2.33. The van der Waals surface area contributed by atoms with Crippen LogP contribution in [0.5, 0.6) is 0 Å². The predicted octanol–water partition coefficient (Wildman–Crippen LogP) is 1.16. The number of nitrogens with one attached hydrogen (secondary N) is 1. The fraction of sp³-hybridized carbons (Fsp3) is 0.412. The molecule has 0 atom stereocenters. The SMILES string of the molecule is CNC(=O)c1ccc(N2CCN(S(=O)(=O)c3c(C)noc3C)CC2)cc1. The summed E-state index contributed by atoms with van der Waals surface area (Å²) in [7, 11) is -2.02. The number of piperazine rings is 1. The van der Waals surface area contributed by atoms with Crippen molar-refractivity contribution in [2.75, 3.05) is 38.1 Å². The number of carbonyl (C=O) groups is 1. The second-order valence-electron chi connectivity index (χ2n) is 6.17. The van der Waals surface area contributed by atoms with E-state index in [0.717, 1.165) is 5.69 Å². The lowest BCUT2D eigenvalue weighted by Crippen LogP contribution is -2.48. The third-order valence-electron chi connectivity index (χ3n) is 4.53. The average molecular weight is 378 g/mol. The van der Waals surface area contributed by atoms with E-state index in [4.69, 9.17) is 4.52 Å². The Balaban J connectivity index is 1.70. The number of aryl methyl sites for hydroxylation is 2. The zero-order valence-electron chi connectivity index (χ0n) is 15.0. The number of benzene rings is 1. The Morgan fingerprint density at radius 3 is 2.23 bits per heavy atom. The van der Waals surface area contributed by atoms with Crippen molar-refractivity contribution >= 4 is 21.6 Å². The Labute approximate surface area is 152 Å². The molecular formula is C17H22N4O4S. The maximum Gasteiger partial charge on any atom is 0.251 e. The zero-order chi connectivity index (χ0) is 18.9. The van der Waals surface area contributed by atoms with Crippen LogP contribution >= 0.6 is 0 Å². The first-order valence-electron chi connectivity index (χ1n) is 8.34. The highest BCUT2D eigenvalue weighted by atomic mass is 32.2. The van der Waals surface area contributed by atoms with Crippen molar-refractivity contribution in [3.05, 3.63) is 41.3 Å². The van der Waals surface area contributed by atoms with Crippen molar-refractivity contribution in [1.82, 2.24) is 14.8 Å². The van der Waals surface area contributed by atoms with E-state index in [1.807, 2.05) is 12.1 Å². The largest absolute Gasteiger partial charge is 0.369 e. The fourth-order valence-electron chi connectivity index (χ4n) is 3.13. The van der Waals surface area contributed by atoms with Crippen molar-refractivity contribution in [1.29, 1.82) is 0 Å². The molecule has 1 N–H and O–H groups in total. The summed E-state index contributed by atoms with van der Waals surface area (Å²) in [4.78, 5) is 13.9. The van der Waals surface area contributed by atoms with Gasteiger partial charge in [-0.2, -0.15) is 4.31 Å². The van der Waals surface area contributed by atoms with Crippen LogP contribution < -0.4 is 10.2 Å². The molecule has 9 heteroatoms. The lowest BCUT2D eigenvalue weighted by molar-refractivity contribution is 0.0963. The van der Waals surface area contributed by atoms with E-state index in [0.29, 0.717) is 43.2 Å². The Morgan fingerprint density at radius 2 is 1.73 bits per heavy atom. The molecule has 1 aromatic heterocycles. The van der Waals surface area contributed by atoms with Crippen molar-refractivity contribution in [2.24, 2.45) is 0 Å². The number of sulfonamides is 1. The molecule has 1 saturated heterocycles. The molecule has 8 nitrogen and oxygen atoms in total. The number of aromatic nitrogens is 1. The van der Waals surface area contributed by atoms with E-state index >= 15 is 0 Å². The summed E-state index contributed by atoms with van der Waals surface area (Å²) >= 11 is 0. The van der Waals surface area contributed by atoms with Crippen molar-refractivity contribution < 1.29 is 17.7 Å². The summed E-state index contributed by atoms with van der Waals surface area (Å²) in [6, 6.07) is 7.29. The van der Waals surface area contributed by atoms with Gasteiger partial charge in [0.05, 0.1) is 0 Å². The Hall–Kier alpha value is -2.39. The average Bonchev–Trinajstić information content (AvgIpc) is 3.00. The summed E-state index contributed by atoms with van der Waals surface area (Å²) in [6.07, 6.45) is 0. The van der Waals surface area contributed by atoms with Gasteiger partial charge < -0.3 is 14.7 Å². The lowest BCUT2D eigenvalue weighted by atomic mass is 10.1. The molecule has 1 aromatic carbocycles. The highest BCUT2D eigenvalue weighted by molar-refractivity contribution is 7.89. The first-order valence-corrected chi connectivity index (χ1v) is 9.78. The van der Waals surface area contributed by atoms with Gasteiger partial charge in [-0.15, -0.1) is 0 Å². The fourth-order valence-corrected chi connectivity index (χ4v) is 4.84. The van der Waals surface area contributed by atoms with Crippen LogP contribution in [-0.2, 0) is 10.0 Å². The van der Waals surface area contributed by atoms with Crippen molar-refractivity contribution in [3.8, 4) is 0 Å². The van der Waals surface area contributed by atoms with Gasteiger partial charge in [-0.1, -0.05) is 5.16 Å². The molecule has 1 aliphatic heterocycles. The van der Waals surface area contributed by atoms with Crippen molar-refractivity contribution in [3.63, 3.8) is 0 Å². The Bertz CT molecular complexity index is 878. The maximum atomic E-state index is 12.8. The van der Waals surface area contributed by atoms with Crippen LogP contribution in [-0.4, -0.2) is 57.0 Å². The minimum Gasteiger partial charge on any atom is -0.369 e. The first kappa shape index (κ1) is 18.4. The molecule has 1 fully saturated rings. The summed E-state index contributed by atoms with van der Waals surface area (Å²) in [6.45, 7) is 5.14. The van der Waals surface area contributed by atoms with Crippen LogP contribution in [0.1, 0.15) is 21.8 Å². The van der Waals surface area contributed by atoms with Gasteiger partial charge >= 0.3 is 0 Å². The van der Waals surface area contributed by atoms with Crippen LogP contribution in [0, 0.1) is 13.8 Å². The monoisotopic (exact) mass is 378 g/mol. The molecule has 0 unspecified atom stereocenters. The van der Waals surface area contributed by atoms with Gasteiger partial charge in [0.25, 0.3) is 5.91 Å². The third-order valence-corrected chi connectivity index (χ3v) is 6.67. The number of carbonyl (C=O) groups excluding carboxylic acids is 1. The third kappa shape index (κ3) is 3.32. The summed E-state index contributed by atoms with van der Waals surface area (Å²) in [5.74, 6) is 0.182. The molecule has 2 aromatic rings. The number of hydrogen-bond acceptors (Lipinski definition) is 6. The Morgan fingerprint density at radius 1 is 1.12 bits per heavy atom. The normalized spacial score (nSPS) is 15.9. The molecule has 0 radical (unpaired) electrons. The van der Waals surface area contributed by atoms with E-state index in [2.05, 4.69) is 15.4 Å². The van der Waals surface area contributed by atoms with Gasteiger partial charge in [0.2, 0.25) is 10.0 Å². The molecule has 1 amide bonds. The van der Waals surface area contributed by atoms with E-state index < -0.39 is 10.0 Å². The molecule has 0 spiro atoms. The molecule has 26 heavy (non-hydrogen) atoms. The second kappa shape index (κ2) is 7.08. The van der Waals surface area contributed by atoms with Gasteiger partial charge in [-0.25, -0.2) is 8.42 Å².